The summed E-state index contributed by atoms with van der Waals surface area (Å²) in [6, 6.07) is 0. The summed E-state index contributed by atoms with van der Waals surface area (Å²) in [5.74, 6) is -1.57. The molecule has 1 aliphatic rings. The second kappa shape index (κ2) is 5.94. The summed E-state index contributed by atoms with van der Waals surface area (Å²) in [6.45, 7) is 4.00. The molecule has 1 fully saturated rings. The quantitative estimate of drug-likeness (QED) is 0.771. The lowest BCUT2D eigenvalue weighted by Gasteiger charge is -2.29. The zero-order chi connectivity index (χ0) is 13.1. The van der Waals surface area contributed by atoms with E-state index in [1.54, 1.807) is 0 Å². The minimum atomic E-state index is -3.62. The molecule has 6 nitrogen and oxygen atoms in total. The van der Waals surface area contributed by atoms with Gasteiger partial charge in [0.05, 0.1) is 5.92 Å². The summed E-state index contributed by atoms with van der Waals surface area (Å²) >= 11 is 3.05. The van der Waals surface area contributed by atoms with Crippen LogP contribution in [0.5, 0.6) is 0 Å². The van der Waals surface area contributed by atoms with Crippen LogP contribution < -0.4 is 4.72 Å². The molecule has 2 N–H and O–H groups in total. The van der Waals surface area contributed by atoms with Crippen LogP contribution in [-0.4, -0.2) is 43.4 Å². The molecule has 8 heteroatoms. The van der Waals surface area contributed by atoms with Gasteiger partial charge in [-0.15, -0.1) is 0 Å². The molecular weight excluding hydrogens is 312 g/mol. The first-order valence-corrected chi connectivity index (χ1v) is 7.37. The number of carboxylic acids is 1. The van der Waals surface area contributed by atoms with Gasteiger partial charge in [-0.05, 0) is 12.8 Å². The van der Waals surface area contributed by atoms with Gasteiger partial charge in [-0.3, -0.25) is 4.79 Å². The van der Waals surface area contributed by atoms with Gasteiger partial charge >= 0.3 is 5.97 Å². The molecule has 0 radical (unpaired) electrons. The normalized spacial score (nSPS) is 22.3. The largest absolute Gasteiger partial charge is 0.481 e. The van der Waals surface area contributed by atoms with E-state index in [0.717, 1.165) is 0 Å². The highest BCUT2D eigenvalue weighted by molar-refractivity contribution is 9.11. The Morgan fingerprint density at radius 1 is 1.59 bits per heavy atom. The van der Waals surface area contributed by atoms with Crippen LogP contribution in [-0.2, 0) is 15.0 Å². The lowest BCUT2D eigenvalue weighted by atomic mass is 10.0. The molecule has 1 unspecified atom stereocenters. The number of carbonyl (C=O) groups is 1. The van der Waals surface area contributed by atoms with Crippen molar-refractivity contribution >= 4 is 32.1 Å². The SMILES string of the molecule is C=C(Br)CNS(=O)(=O)N1CCCC(C(=O)O)C1. The molecule has 0 spiro atoms. The molecule has 98 valence electrons. The summed E-state index contributed by atoms with van der Waals surface area (Å²) < 4.78 is 27.7. The van der Waals surface area contributed by atoms with E-state index in [1.165, 1.54) is 4.31 Å². The van der Waals surface area contributed by atoms with E-state index in [4.69, 9.17) is 5.11 Å². The standard InChI is InChI=1S/C9H15BrN2O4S/c1-7(10)5-11-17(15,16)12-4-2-3-8(6-12)9(13)14/h8,11H,1-6H2,(H,13,14). The van der Waals surface area contributed by atoms with Crippen molar-refractivity contribution in [2.75, 3.05) is 19.6 Å². The Kier molecular flexibility index (Phi) is 5.11. The number of carboxylic acid groups (broad SMARTS) is 1. The smallest absolute Gasteiger partial charge is 0.307 e. The molecule has 0 aromatic rings. The van der Waals surface area contributed by atoms with Gasteiger partial charge in [0.2, 0.25) is 0 Å². The second-order valence-corrected chi connectivity index (χ2v) is 6.76. The molecule has 1 heterocycles. The number of nitrogens with zero attached hydrogens (tertiary/aromatic N) is 1. The fourth-order valence-corrected chi connectivity index (χ4v) is 3.23. The molecule has 1 aliphatic heterocycles. The van der Waals surface area contributed by atoms with E-state index in [2.05, 4.69) is 27.2 Å². The Morgan fingerprint density at radius 3 is 2.76 bits per heavy atom. The van der Waals surface area contributed by atoms with Crippen molar-refractivity contribution < 1.29 is 18.3 Å². The van der Waals surface area contributed by atoms with E-state index >= 15 is 0 Å². The summed E-state index contributed by atoms with van der Waals surface area (Å²) in [7, 11) is -3.62. The monoisotopic (exact) mass is 326 g/mol. The second-order valence-electron chi connectivity index (χ2n) is 3.88. The van der Waals surface area contributed by atoms with Crippen LogP contribution in [0.25, 0.3) is 0 Å². The van der Waals surface area contributed by atoms with Gasteiger partial charge in [0, 0.05) is 24.1 Å². The number of rotatable bonds is 5. The number of piperidine rings is 1. The van der Waals surface area contributed by atoms with E-state index in [9.17, 15) is 13.2 Å². The Balaban J connectivity index is 2.65. The molecule has 0 amide bonds. The fraction of sp³-hybridized carbons (Fsp3) is 0.667. The highest BCUT2D eigenvalue weighted by Crippen LogP contribution is 2.18. The first kappa shape index (κ1) is 14.6. The third kappa shape index (κ3) is 4.38. The molecule has 0 aliphatic carbocycles. The average Bonchev–Trinajstić information content (AvgIpc) is 2.27. The van der Waals surface area contributed by atoms with E-state index in [0.29, 0.717) is 23.9 Å². The van der Waals surface area contributed by atoms with Gasteiger partial charge < -0.3 is 5.11 Å². The maximum Gasteiger partial charge on any atom is 0.307 e. The lowest BCUT2D eigenvalue weighted by Crippen LogP contribution is -2.47. The van der Waals surface area contributed by atoms with Crippen molar-refractivity contribution in [1.29, 1.82) is 0 Å². The summed E-state index contributed by atoms with van der Waals surface area (Å²) in [5.41, 5.74) is 0. The van der Waals surface area contributed by atoms with Crippen molar-refractivity contribution in [3.8, 4) is 0 Å². The first-order valence-electron chi connectivity index (χ1n) is 5.14. The van der Waals surface area contributed by atoms with Crippen molar-refractivity contribution in [3.05, 3.63) is 11.1 Å². The number of nitrogens with one attached hydrogen (secondary N) is 1. The van der Waals surface area contributed by atoms with Crippen molar-refractivity contribution in [2.24, 2.45) is 5.92 Å². The predicted molar refractivity (Wildman–Crippen MR) is 66.9 cm³/mol. The van der Waals surface area contributed by atoms with Crippen LogP contribution in [0.15, 0.2) is 11.1 Å². The Bertz CT molecular complexity index is 409. The van der Waals surface area contributed by atoms with Gasteiger partial charge in [0.15, 0.2) is 0 Å². The number of halogens is 1. The van der Waals surface area contributed by atoms with Crippen LogP contribution in [0.4, 0.5) is 0 Å². The molecule has 0 bridgehead atoms. The molecule has 1 atom stereocenters. The predicted octanol–water partition coefficient (Wildman–Crippen LogP) is 0.526. The van der Waals surface area contributed by atoms with Crippen molar-refractivity contribution in [2.45, 2.75) is 12.8 Å². The van der Waals surface area contributed by atoms with Gasteiger partial charge in [0.1, 0.15) is 0 Å². The van der Waals surface area contributed by atoms with E-state index in [-0.39, 0.29) is 13.1 Å². The van der Waals surface area contributed by atoms with Crippen LogP contribution >= 0.6 is 15.9 Å². The minimum absolute atomic E-state index is 0.0272. The summed E-state index contributed by atoms with van der Waals surface area (Å²) in [6.07, 6.45) is 1.08. The topological polar surface area (TPSA) is 86.7 Å². The molecule has 1 saturated heterocycles. The zero-order valence-electron chi connectivity index (χ0n) is 9.23. The van der Waals surface area contributed by atoms with Gasteiger partial charge in [-0.2, -0.15) is 17.4 Å². The van der Waals surface area contributed by atoms with Crippen LogP contribution in [0.2, 0.25) is 0 Å². The fourth-order valence-electron chi connectivity index (χ4n) is 1.62. The molecule has 1 rings (SSSR count). The van der Waals surface area contributed by atoms with Crippen molar-refractivity contribution in [1.82, 2.24) is 9.03 Å². The first-order chi connectivity index (χ1) is 7.83. The maximum absolute atomic E-state index is 11.8. The van der Waals surface area contributed by atoms with Crippen LogP contribution in [0.3, 0.4) is 0 Å². The third-order valence-corrected chi connectivity index (χ3v) is 4.32. The van der Waals surface area contributed by atoms with Gasteiger partial charge in [-0.25, -0.2) is 0 Å². The zero-order valence-corrected chi connectivity index (χ0v) is 11.6. The van der Waals surface area contributed by atoms with E-state index in [1.807, 2.05) is 0 Å². The van der Waals surface area contributed by atoms with Gasteiger partial charge in [-0.1, -0.05) is 22.5 Å². The Labute approximate surface area is 109 Å². The number of hydrogen-bond acceptors (Lipinski definition) is 3. The van der Waals surface area contributed by atoms with Crippen LogP contribution in [0, 0.1) is 5.92 Å². The minimum Gasteiger partial charge on any atom is -0.481 e. The molecule has 0 saturated carbocycles. The van der Waals surface area contributed by atoms with E-state index < -0.39 is 22.1 Å². The average molecular weight is 327 g/mol. The number of hydrogen-bond donors (Lipinski definition) is 2. The third-order valence-electron chi connectivity index (χ3n) is 2.52. The van der Waals surface area contributed by atoms with Crippen LogP contribution in [0.1, 0.15) is 12.8 Å². The van der Waals surface area contributed by atoms with Crippen molar-refractivity contribution in [3.63, 3.8) is 0 Å². The Morgan fingerprint density at radius 2 is 2.24 bits per heavy atom. The maximum atomic E-state index is 11.8. The van der Waals surface area contributed by atoms with Gasteiger partial charge in [0.25, 0.3) is 10.2 Å². The Hall–Kier alpha value is -0.440. The number of aliphatic carboxylic acids is 1. The molecule has 17 heavy (non-hydrogen) atoms. The summed E-state index contributed by atoms with van der Waals surface area (Å²) in [4.78, 5) is 10.8. The lowest BCUT2D eigenvalue weighted by molar-refractivity contribution is -0.142. The highest BCUT2D eigenvalue weighted by atomic mass is 79.9. The highest BCUT2D eigenvalue weighted by Gasteiger charge is 2.31. The molecule has 0 aromatic carbocycles. The molecular formula is C9H15BrN2O4S. The molecule has 0 aromatic heterocycles. The summed E-state index contributed by atoms with van der Waals surface area (Å²) in [5, 5.41) is 8.88.